The number of benzene rings is 1. The van der Waals surface area contributed by atoms with Crippen molar-refractivity contribution < 1.29 is 14.3 Å². The average Bonchev–Trinajstić information content (AvgIpc) is 3.10. The highest BCUT2D eigenvalue weighted by atomic mass is 32.1. The summed E-state index contributed by atoms with van der Waals surface area (Å²) in [5.74, 6) is -0.852. The molecule has 0 saturated carbocycles. The van der Waals surface area contributed by atoms with Gasteiger partial charge in [-0.05, 0) is 18.9 Å². The fourth-order valence-corrected chi connectivity index (χ4v) is 3.51. The predicted molar refractivity (Wildman–Crippen MR) is 103 cm³/mol. The molecule has 0 unspecified atom stereocenters. The van der Waals surface area contributed by atoms with E-state index >= 15 is 0 Å². The van der Waals surface area contributed by atoms with E-state index in [0.717, 1.165) is 5.56 Å². The number of fused-ring (bicyclic) bond motifs is 1. The summed E-state index contributed by atoms with van der Waals surface area (Å²) in [7, 11) is 0. The molecule has 2 heterocycles. The molecule has 0 spiro atoms. The third kappa shape index (κ3) is 4.40. The highest BCUT2D eigenvalue weighted by Gasteiger charge is 2.19. The van der Waals surface area contributed by atoms with Crippen LogP contribution in [0.3, 0.4) is 0 Å². The van der Waals surface area contributed by atoms with Gasteiger partial charge in [0, 0.05) is 11.9 Å². The Labute approximate surface area is 159 Å². The zero-order chi connectivity index (χ0) is 19.2. The van der Waals surface area contributed by atoms with Gasteiger partial charge in [-0.25, -0.2) is 9.78 Å². The predicted octanol–water partition coefficient (Wildman–Crippen LogP) is 1.99. The van der Waals surface area contributed by atoms with E-state index in [-0.39, 0.29) is 30.0 Å². The molecule has 2 aromatic heterocycles. The molecule has 7 nitrogen and oxygen atoms in total. The molecule has 3 aromatic rings. The molecule has 1 aromatic carbocycles. The van der Waals surface area contributed by atoms with Crippen LogP contribution in [0.5, 0.6) is 0 Å². The van der Waals surface area contributed by atoms with Gasteiger partial charge in [0.25, 0.3) is 5.56 Å². The van der Waals surface area contributed by atoms with Crippen molar-refractivity contribution in [3.8, 4) is 0 Å². The topological polar surface area (TPSA) is 90.3 Å². The lowest BCUT2D eigenvalue weighted by Crippen LogP contribution is -2.33. The average molecular weight is 385 g/mol. The van der Waals surface area contributed by atoms with E-state index in [9.17, 15) is 14.4 Å². The molecule has 0 bridgehead atoms. The molecule has 3 rings (SSSR count). The molecule has 27 heavy (non-hydrogen) atoms. The van der Waals surface area contributed by atoms with Crippen LogP contribution in [-0.2, 0) is 22.5 Å². The standard InChI is InChI=1S/C19H19N3O4S/c1-2-26-19(25)14-11-27-17-16(14)18(24)22(12-21-17)10-15(23)20-9-8-13-6-4-3-5-7-13/h3-7,11-12H,2,8-10H2,1H3,(H,20,23). The Kier molecular flexibility index (Phi) is 5.97. The molecule has 0 atom stereocenters. The Bertz CT molecular complexity index is 1010. The molecule has 0 fully saturated rings. The number of hydrogen-bond donors (Lipinski definition) is 1. The number of thiophene rings is 1. The number of ether oxygens (including phenoxy) is 1. The van der Waals surface area contributed by atoms with Crippen molar-refractivity contribution in [2.24, 2.45) is 0 Å². The fourth-order valence-electron chi connectivity index (χ4n) is 2.64. The van der Waals surface area contributed by atoms with Crippen LogP contribution in [0.4, 0.5) is 0 Å². The second-order valence-electron chi connectivity index (χ2n) is 5.81. The van der Waals surface area contributed by atoms with Gasteiger partial charge in [-0.3, -0.25) is 14.2 Å². The Hall–Kier alpha value is -3.00. The molecular weight excluding hydrogens is 366 g/mol. The first-order valence-corrected chi connectivity index (χ1v) is 9.42. The fraction of sp³-hybridized carbons (Fsp3) is 0.263. The zero-order valence-corrected chi connectivity index (χ0v) is 15.6. The van der Waals surface area contributed by atoms with Crippen LogP contribution in [0.25, 0.3) is 10.2 Å². The minimum absolute atomic E-state index is 0.158. The monoisotopic (exact) mass is 385 g/mol. The summed E-state index contributed by atoms with van der Waals surface area (Å²) >= 11 is 1.20. The minimum Gasteiger partial charge on any atom is -0.462 e. The maximum atomic E-state index is 12.7. The first kappa shape index (κ1) is 18.8. The van der Waals surface area contributed by atoms with Crippen molar-refractivity contribution in [1.29, 1.82) is 0 Å². The van der Waals surface area contributed by atoms with Crippen LogP contribution in [0.1, 0.15) is 22.8 Å². The SMILES string of the molecule is CCOC(=O)c1csc2ncn(CC(=O)NCCc3ccccc3)c(=O)c12. The van der Waals surface area contributed by atoms with E-state index in [1.165, 1.54) is 22.2 Å². The normalized spacial score (nSPS) is 10.7. The van der Waals surface area contributed by atoms with E-state index in [1.807, 2.05) is 30.3 Å². The number of nitrogens with one attached hydrogen (secondary N) is 1. The van der Waals surface area contributed by atoms with Gasteiger partial charge in [-0.15, -0.1) is 11.3 Å². The van der Waals surface area contributed by atoms with Crippen molar-refractivity contribution in [2.45, 2.75) is 19.9 Å². The third-order valence-corrected chi connectivity index (χ3v) is 4.84. The Morgan fingerprint density at radius 2 is 2.04 bits per heavy atom. The minimum atomic E-state index is -0.562. The Morgan fingerprint density at radius 1 is 1.26 bits per heavy atom. The van der Waals surface area contributed by atoms with Crippen LogP contribution in [0, 0.1) is 0 Å². The quantitative estimate of drug-likeness (QED) is 0.628. The summed E-state index contributed by atoms with van der Waals surface area (Å²) in [5.41, 5.74) is 0.881. The van der Waals surface area contributed by atoms with Gasteiger partial charge in [0.05, 0.1) is 23.9 Å². The first-order chi connectivity index (χ1) is 13.1. The molecule has 0 aliphatic carbocycles. The molecule has 0 radical (unpaired) electrons. The van der Waals surface area contributed by atoms with Crippen molar-refractivity contribution in [1.82, 2.24) is 14.9 Å². The summed E-state index contributed by atoms with van der Waals surface area (Å²) in [4.78, 5) is 41.5. The van der Waals surface area contributed by atoms with E-state index in [2.05, 4.69) is 10.3 Å². The number of amides is 1. The number of hydrogen-bond acceptors (Lipinski definition) is 6. The molecule has 0 aliphatic heterocycles. The highest BCUT2D eigenvalue weighted by Crippen LogP contribution is 2.21. The summed E-state index contributed by atoms with van der Waals surface area (Å²) in [6.45, 7) is 2.23. The van der Waals surface area contributed by atoms with E-state index in [0.29, 0.717) is 17.8 Å². The Balaban J connectivity index is 1.70. The van der Waals surface area contributed by atoms with Gasteiger partial charge in [0.2, 0.25) is 5.91 Å². The van der Waals surface area contributed by atoms with Crippen LogP contribution >= 0.6 is 11.3 Å². The van der Waals surface area contributed by atoms with Gasteiger partial charge in [-0.1, -0.05) is 30.3 Å². The van der Waals surface area contributed by atoms with Gasteiger partial charge < -0.3 is 10.1 Å². The van der Waals surface area contributed by atoms with Gasteiger partial charge >= 0.3 is 5.97 Å². The summed E-state index contributed by atoms with van der Waals surface area (Å²) < 4.78 is 6.18. The third-order valence-electron chi connectivity index (χ3n) is 3.95. The lowest BCUT2D eigenvalue weighted by molar-refractivity contribution is -0.121. The van der Waals surface area contributed by atoms with Crippen LogP contribution < -0.4 is 10.9 Å². The maximum absolute atomic E-state index is 12.7. The summed E-state index contributed by atoms with van der Waals surface area (Å²) in [5, 5.41) is 4.54. The number of esters is 1. The Morgan fingerprint density at radius 3 is 2.78 bits per heavy atom. The summed E-state index contributed by atoms with van der Waals surface area (Å²) in [6.07, 6.45) is 2.03. The number of carbonyl (C=O) groups is 2. The highest BCUT2D eigenvalue weighted by molar-refractivity contribution is 7.17. The van der Waals surface area contributed by atoms with Gasteiger partial charge in [-0.2, -0.15) is 0 Å². The van der Waals surface area contributed by atoms with Crippen LogP contribution in [-0.4, -0.2) is 34.6 Å². The second kappa shape index (κ2) is 8.59. The lowest BCUT2D eigenvalue weighted by Gasteiger charge is -2.08. The molecule has 1 N–H and O–H groups in total. The van der Waals surface area contributed by atoms with Crippen molar-refractivity contribution >= 4 is 33.4 Å². The number of rotatable bonds is 7. The maximum Gasteiger partial charge on any atom is 0.339 e. The zero-order valence-electron chi connectivity index (χ0n) is 14.8. The summed E-state index contributed by atoms with van der Waals surface area (Å²) in [6, 6.07) is 9.80. The van der Waals surface area contributed by atoms with E-state index in [1.54, 1.807) is 12.3 Å². The smallest absolute Gasteiger partial charge is 0.339 e. The molecule has 1 amide bonds. The van der Waals surface area contributed by atoms with Crippen LogP contribution in [0.2, 0.25) is 0 Å². The molecule has 0 aliphatic rings. The van der Waals surface area contributed by atoms with E-state index < -0.39 is 11.5 Å². The number of nitrogens with zero attached hydrogens (tertiary/aromatic N) is 2. The van der Waals surface area contributed by atoms with Gasteiger partial charge in [0.1, 0.15) is 11.4 Å². The largest absolute Gasteiger partial charge is 0.462 e. The first-order valence-electron chi connectivity index (χ1n) is 8.54. The van der Waals surface area contributed by atoms with E-state index in [4.69, 9.17) is 4.74 Å². The van der Waals surface area contributed by atoms with Crippen LogP contribution in [0.15, 0.2) is 46.8 Å². The lowest BCUT2D eigenvalue weighted by atomic mass is 10.1. The van der Waals surface area contributed by atoms with Gasteiger partial charge in [0.15, 0.2) is 0 Å². The number of carbonyl (C=O) groups excluding carboxylic acids is 2. The van der Waals surface area contributed by atoms with Crippen molar-refractivity contribution in [3.05, 3.63) is 63.5 Å². The van der Waals surface area contributed by atoms with Crippen molar-refractivity contribution in [2.75, 3.05) is 13.2 Å². The molecule has 8 heteroatoms. The molecule has 0 saturated heterocycles. The van der Waals surface area contributed by atoms with Crippen molar-refractivity contribution in [3.63, 3.8) is 0 Å². The second-order valence-corrected chi connectivity index (χ2v) is 6.67. The molecular formula is C19H19N3O4S. The number of aromatic nitrogens is 2. The molecule has 140 valence electrons.